The summed E-state index contributed by atoms with van der Waals surface area (Å²) in [6.45, 7) is 2.46. The van der Waals surface area contributed by atoms with Gasteiger partial charge in [-0.05, 0) is 37.1 Å². The fourth-order valence-corrected chi connectivity index (χ4v) is 3.54. The maximum atomic E-state index is 12.3. The molecular formula is C20H23N3O5S. The number of Topliss-reactive ketones (excluding diaryl/α,β-unsaturated/α-hetero) is 1. The van der Waals surface area contributed by atoms with Crippen LogP contribution in [0.1, 0.15) is 29.8 Å². The molecule has 0 saturated heterocycles. The van der Waals surface area contributed by atoms with Gasteiger partial charge in [0.05, 0.1) is 18.0 Å². The van der Waals surface area contributed by atoms with Crippen molar-refractivity contribution < 1.29 is 22.8 Å². The Morgan fingerprint density at radius 2 is 1.66 bits per heavy atom. The van der Waals surface area contributed by atoms with E-state index in [-0.39, 0.29) is 22.8 Å². The molecule has 9 heteroatoms. The quantitative estimate of drug-likeness (QED) is 0.534. The summed E-state index contributed by atoms with van der Waals surface area (Å²) in [5, 5.41) is 5.07. The predicted octanol–water partition coefficient (Wildman–Crippen LogP) is 1.48. The van der Waals surface area contributed by atoms with Crippen molar-refractivity contribution in [2.45, 2.75) is 25.2 Å². The molecule has 2 aromatic carbocycles. The standard InChI is InChI=1S/C20H23N3O5S/c1-3-15-7-4-5-10-18(15)23-20(26)12-21-19(25)13-22-29(27,28)17-9-6-8-16(11-17)14(2)24/h4-11,22H,3,12-13H2,1-2H3,(H,21,25)(H,23,26). The first-order valence-electron chi connectivity index (χ1n) is 8.98. The molecule has 0 spiro atoms. The Labute approximate surface area is 169 Å². The van der Waals surface area contributed by atoms with E-state index < -0.39 is 28.4 Å². The van der Waals surface area contributed by atoms with E-state index in [2.05, 4.69) is 15.4 Å². The number of para-hydroxylation sites is 1. The van der Waals surface area contributed by atoms with Gasteiger partial charge in [-0.25, -0.2) is 13.1 Å². The van der Waals surface area contributed by atoms with Gasteiger partial charge in [0.1, 0.15) is 0 Å². The number of sulfonamides is 1. The van der Waals surface area contributed by atoms with Crippen molar-refractivity contribution in [1.82, 2.24) is 10.0 Å². The molecule has 0 aliphatic heterocycles. The van der Waals surface area contributed by atoms with Crippen molar-refractivity contribution in [3.63, 3.8) is 0 Å². The van der Waals surface area contributed by atoms with Crippen LogP contribution in [0.4, 0.5) is 5.69 Å². The molecule has 0 radical (unpaired) electrons. The lowest BCUT2D eigenvalue weighted by molar-refractivity contribution is -0.123. The lowest BCUT2D eigenvalue weighted by Gasteiger charge is -2.11. The van der Waals surface area contributed by atoms with E-state index >= 15 is 0 Å². The molecule has 0 bridgehead atoms. The molecule has 0 unspecified atom stereocenters. The third kappa shape index (κ3) is 6.51. The molecule has 2 aromatic rings. The Morgan fingerprint density at radius 1 is 0.931 bits per heavy atom. The number of ketones is 1. The highest BCUT2D eigenvalue weighted by molar-refractivity contribution is 7.89. The van der Waals surface area contributed by atoms with Gasteiger partial charge < -0.3 is 10.6 Å². The maximum absolute atomic E-state index is 12.3. The predicted molar refractivity (Wildman–Crippen MR) is 109 cm³/mol. The first kappa shape index (κ1) is 22.3. The summed E-state index contributed by atoms with van der Waals surface area (Å²) in [5.74, 6) is -1.35. The number of carbonyl (C=O) groups excluding carboxylic acids is 3. The van der Waals surface area contributed by atoms with E-state index in [1.807, 2.05) is 19.1 Å². The Hall–Kier alpha value is -3.04. The topological polar surface area (TPSA) is 121 Å². The summed E-state index contributed by atoms with van der Waals surface area (Å²) in [6, 6.07) is 12.8. The van der Waals surface area contributed by atoms with Gasteiger partial charge in [-0.15, -0.1) is 0 Å². The highest BCUT2D eigenvalue weighted by atomic mass is 32.2. The van der Waals surface area contributed by atoms with Crippen molar-refractivity contribution in [2.24, 2.45) is 0 Å². The number of carbonyl (C=O) groups is 3. The van der Waals surface area contributed by atoms with E-state index in [1.165, 1.54) is 31.2 Å². The number of nitrogens with one attached hydrogen (secondary N) is 3. The monoisotopic (exact) mass is 417 g/mol. The number of aryl methyl sites for hydroxylation is 1. The number of rotatable bonds is 9. The minimum atomic E-state index is -3.97. The van der Waals surface area contributed by atoms with Gasteiger partial charge in [-0.2, -0.15) is 0 Å². The van der Waals surface area contributed by atoms with Crippen molar-refractivity contribution in [1.29, 1.82) is 0 Å². The summed E-state index contributed by atoms with van der Waals surface area (Å²) in [6.07, 6.45) is 0.745. The number of anilines is 1. The van der Waals surface area contributed by atoms with Gasteiger partial charge in [-0.3, -0.25) is 14.4 Å². The molecule has 0 saturated carbocycles. The molecular weight excluding hydrogens is 394 g/mol. The first-order valence-corrected chi connectivity index (χ1v) is 10.5. The third-order valence-electron chi connectivity index (χ3n) is 4.09. The molecule has 0 atom stereocenters. The largest absolute Gasteiger partial charge is 0.346 e. The molecule has 2 amide bonds. The zero-order valence-electron chi connectivity index (χ0n) is 16.2. The van der Waals surface area contributed by atoms with Crippen LogP contribution in [0.25, 0.3) is 0 Å². The SMILES string of the molecule is CCc1ccccc1NC(=O)CNC(=O)CNS(=O)(=O)c1cccc(C(C)=O)c1. The molecule has 8 nitrogen and oxygen atoms in total. The van der Waals surface area contributed by atoms with Crippen LogP contribution in [0.3, 0.4) is 0 Å². The number of benzene rings is 2. The van der Waals surface area contributed by atoms with E-state index in [9.17, 15) is 22.8 Å². The average Bonchev–Trinajstić information content (AvgIpc) is 2.71. The van der Waals surface area contributed by atoms with Gasteiger partial charge in [0, 0.05) is 11.3 Å². The molecule has 3 N–H and O–H groups in total. The summed E-state index contributed by atoms with van der Waals surface area (Å²) < 4.78 is 26.7. The first-order chi connectivity index (χ1) is 13.7. The molecule has 2 rings (SSSR count). The van der Waals surface area contributed by atoms with Gasteiger partial charge >= 0.3 is 0 Å². The number of amides is 2. The Morgan fingerprint density at radius 3 is 2.34 bits per heavy atom. The van der Waals surface area contributed by atoms with Gasteiger partial charge in [0.2, 0.25) is 21.8 Å². The van der Waals surface area contributed by atoms with Crippen LogP contribution in [0.15, 0.2) is 53.4 Å². The average molecular weight is 417 g/mol. The lowest BCUT2D eigenvalue weighted by atomic mass is 10.1. The fourth-order valence-electron chi connectivity index (χ4n) is 2.51. The Balaban J connectivity index is 1.87. The van der Waals surface area contributed by atoms with Gasteiger partial charge in [0.25, 0.3) is 0 Å². The zero-order valence-corrected chi connectivity index (χ0v) is 17.0. The second kappa shape index (κ2) is 9.94. The van der Waals surface area contributed by atoms with Crippen LogP contribution in [0.2, 0.25) is 0 Å². The molecule has 154 valence electrons. The highest BCUT2D eigenvalue weighted by Gasteiger charge is 2.17. The van der Waals surface area contributed by atoms with Crippen LogP contribution < -0.4 is 15.4 Å². The van der Waals surface area contributed by atoms with Crippen LogP contribution in [0, 0.1) is 0 Å². The van der Waals surface area contributed by atoms with Crippen molar-refractivity contribution in [2.75, 3.05) is 18.4 Å². The second-order valence-electron chi connectivity index (χ2n) is 6.24. The minimum absolute atomic E-state index is 0.119. The third-order valence-corrected chi connectivity index (χ3v) is 5.49. The molecule has 29 heavy (non-hydrogen) atoms. The highest BCUT2D eigenvalue weighted by Crippen LogP contribution is 2.15. The molecule has 0 aliphatic rings. The van der Waals surface area contributed by atoms with E-state index in [1.54, 1.807) is 12.1 Å². The normalized spacial score (nSPS) is 11.0. The van der Waals surface area contributed by atoms with Gasteiger partial charge in [0.15, 0.2) is 5.78 Å². The van der Waals surface area contributed by atoms with Crippen LogP contribution in [0.5, 0.6) is 0 Å². The summed E-state index contributed by atoms with van der Waals surface area (Å²) in [5.41, 5.74) is 1.88. The second-order valence-corrected chi connectivity index (χ2v) is 8.01. The molecule has 0 aromatic heterocycles. The summed E-state index contributed by atoms with van der Waals surface area (Å²) >= 11 is 0. The Bertz CT molecular complexity index is 1020. The van der Waals surface area contributed by atoms with E-state index in [4.69, 9.17) is 0 Å². The number of hydrogen-bond donors (Lipinski definition) is 3. The van der Waals surface area contributed by atoms with E-state index in [0.29, 0.717) is 5.69 Å². The number of hydrogen-bond acceptors (Lipinski definition) is 5. The summed E-state index contributed by atoms with van der Waals surface area (Å²) in [4.78, 5) is 35.2. The van der Waals surface area contributed by atoms with Crippen molar-refractivity contribution in [3.05, 3.63) is 59.7 Å². The Kier molecular flexibility index (Phi) is 7.63. The smallest absolute Gasteiger partial charge is 0.243 e. The minimum Gasteiger partial charge on any atom is -0.346 e. The molecule has 0 heterocycles. The summed E-state index contributed by atoms with van der Waals surface area (Å²) in [7, 11) is -3.97. The van der Waals surface area contributed by atoms with Crippen LogP contribution in [-0.4, -0.2) is 39.1 Å². The zero-order chi connectivity index (χ0) is 21.4. The van der Waals surface area contributed by atoms with Crippen LogP contribution in [-0.2, 0) is 26.0 Å². The van der Waals surface area contributed by atoms with Crippen molar-refractivity contribution >= 4 is 33.3 Å². The van der Waals surface area contributed by atoms with Gasteiger partial charge in [-0.1, -0.05) is 37.3 Å². The lowest BCUT2D eigenvalue weighted by Crippen LogP contribution is -2.40. The molecule has 0 fully saturated rings. The maximum Gasteiger partial charge on any atom is 0.243 e. The van der Waals surface area contributed by atoms with Crippen LogP contribution >= 0.6 is 0 Å². The fraction of sp³-hybridized carbons (Fsp3) is 0.250. The van der Waals surface area contributed by atoms with E-state index in [0.717, 1.165) is 12.0 Å². The molecule has 0 aliphatic carbocycles. The van der Waals surface area contributed by atoms with Crippen molar-refractivity contribution in [3.8, 4) is 0 Å².